The fraction of sp³-hybridized carbons (Fsp3) is 0. The van der Waals surface area contributed by atoms with Crippen molar-refractivity contribution in [3.63, 3.8) is 0 Å². The standard InChI is InChI=1S/C128H92N6/c1-7-26-93(27-8-1)95-52-72-115(73-53-95)130(117-78-58-98(59-79-117)97-56-74-114(75-57-97)129(109-33-9-2-10-34-109)110-35-11-3-12-36-110)118-80-60-99(61-81-118)102-66-86-121(87-67-102)132(111-37-13-4-14-38-111)124-43-23-32-108(92-124)105-50-48-94(49-51-105)96-54-76-116(77-55-96)131(119-82-62-100(63-83-119)103-68-88-122(89-69-103)133(112-39-15-5-16-40-112)127-46-24-30-106-28-19-21-44-125(106)127)120-84-64-101(65-85-120)104-70-90-123(91-71-104)134(113-41-17-6-18-42-113)128-47-25-31-107-29-20-22-45-126(107)128/h1-92H. The molecule has 134 heavy (non-hydrogen) atoms. The van der Waals surface area contributed by atoms with Crippen LogP contribution >= 0.6 is 0 Å². The SMILES string of the molecule is c1ccc(-c2ccc(N(c3ccc(-c4ccc(N(c5ccccc5)c5ccccc5)cc4)cc3)c3ccc(-c4ccc(N(c5ccccc5)c5cccc(-c6ccc(-c7ccc(N(c8ccc(-c9ccc(N(c%10ccccc%10)c%10cccc%11ccccc%10%11)cc9)cc8)c8ccc(-c9ccc(N(c%10ccccc%10)c%10cccc%11ccccc%10%11)cc9)cc8)cc7)cc6)c5)cc4)cc3)cc2)cc1. The highest BCUT2D eigenvalue weighted by Gasteiger charge is 2.23. The molecule has 0 fully saturated rings. The topological polar surface area (TPSA) is 19.4 Å². The summed E-state index contributed by atoms with van der Waals surface area (Å²) in [7, 11) is 0. The van der Waals surface area contributed by atoms with E-state index in [2.05, 4.69) is 588 Å². The third-order valence-corrected chi connectivity index (χ3v) is 25.4. The summed E-state index contributed by atoms with van der Waals surface area (Å²) in [4.78, 5) is 14.1. The van der Waals surface area contributed by atoms with Gasteiger partial charge in [0.2, 0.25) is 0 Å². The molecule has 6 heteroatoms. The molecule has 0 N–H and O–H groups in total. The Bertz CT molecular complexity index is 7470. The summed E-state index contributed by atoms with van der Waals surface area (Å²) in [6.07, 6.45) is 0. The molecule has 0 bridgehead atoms. The smallest absolute Gasteiger partial charge is 0.0540 e. The Morgan fingerprint density at radius 3 is 0.493 bits per heavy atom. The van der Waals surface area contributed by atoms with E-state index in [9.17, 15) is 0 Å². The number of nitrogens with zero attached hydrogens (tertiary/aromatic N) is 6. The van der Waals surface area contributed by atoms with Crippen molar-refractivity contribution in [2.24, 2.45) is 0 Å². The van der Waals surface area contributed by atoms with Crippen LogP contribution in [0.2, 0.25) is 0 Å². The third-order valence-electron chi connectivity index (χ3n) is 25.4. The fourth-order valence-corrected chi connectivity index (χ4v) is 18.7. The predicted octanol–water partition coefficient (Wildman–Crippen LogP) is 36.5. The first-order valence-corrected chi connectivity index (χ1v) is 45.7. The highest BCUT2D eigenvalue weighted by atomic mass is 15.2. The number of fused-ring (bicyclic) bond motifs is 2. The van der Waals surface area contributed by atoms with Crippen molar-refractivity contribution in [2.45, 2.75) is 0 Å². The lowest BCUT2D eigenvalue weighted by atomic mass is 9.99. The molecule has 0 aromatic heterocycles. The second-order valence-electron chi connectivity index (χ2n) is 33.6. The van der Waals surface area contributed by atoms with E-state index in [0.29, 0.717) is 0 Å². The minimum atomic E-state index is 1.05. The van der Waals surface area contributed by atoms with Gasteiger partial charge in [0.1, 0.15) is 0 Å². The van der Waals surface area contributed by atoms with Gasteiger partial charge in [-0.2, -0.15) is 0 Å². The molecule has 0 spiro atoms. The molecular formula is C128H92N6. The van der Waals surface area contributed by atoms with Gasteiger partial charge in [-0.1, -0.05) is 352 Å². The lowest BCUT2D eigenvalue weighted by Gasteiger charge is -2.27. The molecule has 0 saturated heterocycles. The second kappa shape index (κ2) is 37.5. The molecule has 0 radical (unpaired) electrons. The van der Waals surface area contributed by atoms with Crippen molar-refractivity contribution in [1.82, 2.24) is 0 Å². The van der Waals surface area contributed by atoms with Crippen molar-refractivity contribution < 1.29 is 0 Å². The Morgan fingerprint density at radius 2 is 0.239 bits per heavy atom. The van der Waals surface area contributed by atoms with Crippen molar-refractivity contribution in [3.05, 3.63) is 558 Å². The van der Waals surface area contributed by atoms with Crippen LogP contribution in [0.25, 0.3) is 99.4 Å². The average molecular weight is 1710 g/mol. The van der Waals surface area contributed by atoms with E-state index in [0.717, 1.165) is 169 Å². The zero-order chi connectivity index (χ0) is 89.3. The molecule has 0 amide bonds. The number of anilines is 18. The molecule has 22 aromatic carbocycles. The lowest BCUT2D eigenvalue weighted by Crippen LogP contribution is -2.10. The maximum absolute atomic E-state index is 2.37. The first-order valence-electron chi connectivity index (χ1n) is 45.7. The summed E-state index contributed by atoms with van der Waals surface area (Å²) in [5.41, 5.74) is 35.4. The lowest BCUT2D eigenvalue weighted by molar-refractivity contribution is 1.28. The van der Waals surface area contributed by atoms with Gasteiger partial charge in [0.25, 0.3) is 0 Å². The summed E-state index contributed by atoms with van der Waals surface area (Å²) in [5, 5.41) is 4.81. The van der Waals surface area contributed by atoms with Crippen molar-refractivity contribution in [1.29, 1.82) is 0 Å². The molecule has 0 heterocycles. The molecule has 634 valence electrons. The Kier molecular flexibility index (Phi) is 22.9. The van der Waals surface area contributed by atoms with Crippen LogP contribution in [0.15, 0.2) is 558 Å². The van der Waals surface area contributed by atoms with E-state index >= 15 is 0 Å². The van der Waals surface area contributed by atoms with E-state index in [4.69, 9.17) is 0 Å². The van der Waals surface area contributed by atoms with Crippen molar-refractivity contribution in [2.75, 3.05) is 29.4 Å². The molecule has 0 unspecified atom stereocenters. The number of rotatable bonds is 25. The molecule has 22 aromatic rings. The Balaban J connectivity index is 0.526. The average Bonchev–Trinajstić information content (AvgIpc) is 0.782. The molecule has 0 aliphatic heterocycles. The second-order valence-corrected chi connectivity index (χ2v) is 33.6. The molecule has 22 rings (SSSR count). The van der Waals surface area contributed by atoms with Gasteiger partial charge in [0.15, 0.2) is 0 Å². The first-order chi connectivity index (χ1) is 66.4. The van der Waals surface area contributed by atoms with Crippen LogP contribution in [-0.2, 0) is 0 Å². The Morgan fingerprint density at radius 1 is 0.0896 bits per heavy atom. The third kappa shape index (κ3) is 17.1. The molecular weight excluding hydrogens is 1620 g/mol. The van der Waals surface area contributed by atoms with Gasteiger partial charge in [-0.3, -0.25) is 0 Å². The maximum Gasteiger partial charge on any atom is 0.0540 e. The van der Waals surface area contributed by atoms with Gasteiger partial charge in [0, 0.05) is 102 Å². The van der Waals surface area contributed by atoms with Crippen LogP contribution in [0.1, 0.15) is 0 Å². The normalized spacial score (nSPS) is 11.1. The zero-order valence-electron chi connectivity index (χ0n) is 73.8. The van der Waals surface area contributed by atoms with Gasteiger partial charge >= 0.3 is 0 Å². The van der Waals surface area contributed by atoms with Gasteiger partial charge in [-0.25, -0.2) is 0 Å². The van der Waals surface area contributed by atoms with Gasteiger partial charge < -0.3 is 29.4 Å². The highest BCUT2D eigenvalue weighted by Crippen LogP contribution is 2.47. The Hall–Kier alpha value is -17.8. The van der Waals surface area contributed by atoms with Crippen LogP contribution in [0.5, 0.6) is 0 Å². The summed E-state index contributed by atoms with van der Waals surface area (Å²) in [6.45, 7) is 0. The highest BCUT2D eigenvalue weighted by molar-refractivity contribution is 6.01. The van der Waals surface area contributed by atoms with Gasteiger partial charge in [-0.05, 0) is 295 Å². The number of hydrogen-bond donors (Lipinski definition) is 0. The van der Waals surface area contributed by atoms with Crippen molar-refractivity contribution >= 4 is 124 Å². The van der Waals surface area contributed by atoms with E-state index in [1.165, 1.54) is 32.7 Å². The minimum absolute atomic E-state index is 1.05. The number of para-hydroxylation sites is 5. The van der Waals surface area contributed by atoms with Gasteiger partial charge in [0.05, 0.1) is 11.4 Å². The zero-order valence-corrected chi connectivity index (χ0v) is 73.8. The largest absolute Gasteiger partial charge is 0.311 e. The minimum Gasteiger partial charge on any atom is -0.311 e. The van der Waals surface area contributed by atoms with Crippen molar-refractivity contribution in [3.8, 4) is 77.9 Å². The van der Waals surface area contributed by atoms with Crippen LogP contribution < -0.4 is 29.4 Å². The fourth-order valence-electron chi connectivity index (χ4n) is 18.7. The van der Waals surface area contributed by atoms with E-state index in [1.807, 2.05) is 0 Å². The number of benzene rings is 22. The molecule has 0 atom stereocenters. The quantitative estimate of drug-likeness (QED) is 0.0564. The summed E-state index contributed by atoms with van der Waals surface area (Å²) < 4.78 is 0. The Labute approximate surface area is 783 Å². The monoisotopic (exact) mass is 1710 g/mol. The summed E-state index contributed by atoms with van der Waals surface area (Å²) in [6, 6.07) is 202. The molecule has 0 aliphatic carbocycles. The molecule has 6 nitrogen and oxygen atoms in total. The predicted molar refractivity (Wildman–Crippen MR) is 568 cm³/mol. The van der Waals surface area contributed by atoms with E-state index < -0.39 is 0 Å². The number of hydrogen-bond acceptors (Lipinski definition) is 6. The maximum atomic E-state index is 2.37. The van der Waals surface area contributed by atoms with Crippen LogP contribution in [0.4, 0.5) is 102 Å². The van der Waals surface area contributed by atoms with E-state index in [-0.39, 0.29) is 0 Å². The first kappa shape index (κ1) is 81.9. The van der Waals surface area contributed by atoms with Crippen LogP contribution in [-0.4, -0.2) is 0 Å². The van der Waals surface area contributed by atoms with Crippen LogP contribution in [0.3, 0.4) is 0 Å². The summed E-state index contributed by atoms with van der Waals surface area (Å²) >= 11 is 0. The van der Waals surface area contributed by atoms with Gasteiger partial charge in [-0.15, -0.1) is 0 Å². The molecule has 0 aliphatic rings. The summed E-state index contributed by atoms with van der Waals surface area (Å²) in [5.74, 6) is 0. The van der Waals surface area contributed by atoms with E-state index in [1.54, 1.807) is 0 Å². The molecule has 0 saturated carbocycles. The van der Waals surface area contributed by atoms with Crippen LogP contribution in [0, 0.1) is 0 Å².